The molecule has 0 saturated heterocycles. The number of hydrogen-bond acceptors (Lipinski definition) is 2. The first kappa shape index (κ1) is 13.4. The Morgan fingerprint density at radius 1 is 1.26 bits per heavy atom. The first-order valence-electron chi connectivity index (χ1n) is 5.82. The Bertz CT molecular complexity index is 634. The van der Waals surface area contributed by atoms with Gasteiger partial charge in [0, 0.05) is 10.6 Å². The van der Waals surface area contributed by atoms with Crippen molar-refractivity contribution in [1.82, 2.24) is 0 Å². The summed E-state index contributed by atoms with van der Waals surface area (Å²) in [5, 5.41) is 12.7. The van der Waals surface area contributed by atoms with Gasteiger partial charge in [0.15, 0.2) is 0 Å². The number of halogens is 2. The molecule has 0 aliphatic rings. The number of hydrogen-bond donors (Lipinski definition) is 1. The smallest absolute Gasteiger partial charge is 0.128 e. The van der Waals surface area contributed by atoms with Crippen molar-refractivity contribution in [3.63, 3.8) is 0 Å². The highest BCUT2D eigenvalue weighted by Crippen LogP contribution is 2.25. The van der Waals surface area contributed by atoms with Crippen LogP contribution in [0.1, 0.15) is 24.1 Å². The summed E-state index contributed by atoms with van der Waals surface area (Å²) < 4.78 is 13.7. The van der Waals surface area contributed by atoms with E-state index >= 15 is 0 Å². The van der Waals surface area contributed by atoms with E-state index in [1.807, 2.05) is 6.92 Å². The number of nitrogens with zero attached hydrogens (tertiary/aromatic N) is 1. The van der Waals surface area contributed by atoms with E-state index in [1.54, 1.807) is 36.4 Å². The average Bonchev–Trinajstić information content (AvgIpc) is 2.41. The zero-order valence-corrected chi connectivity index (χ0v) is 11.1. The van der Waals surface area contributed by atoms with Crippen LogP contribution in [0.5, 0.6) is 0 Å². The second-order valence-electron chi connectivity index (χ2n) is 4.19. The van der Waals surface area contributed by atoms with Gasteiger partial charge in [0.2, 0.25) is 0 Å². The van der Waals surface area contributed by atoms with Crippen molar-refractivity contribution < 1.29 is 4.39 Å². The quantitative estimate of drug-likeness (QED) is 0.893. The van der Waals surface area contributed by atoms with Crippen molar-refractivity contribution >= 4 is 17.3 Å². The second-order valence-corrected chi connectivity index (χ2v) is 4.63. The third kappa shape index (κ3) is 3.04. The van der Waals surface area contributed by atoms with E-state index in [0.717, 1.165) is 0 Å². The summed E-state index contributed by atoms with van der Waals surface area (Å²) >= 11 is 5.84. The normalized spacial score (nSPS) is 11.7. The summed E-state index contributed by atoms with van der Waals surface area (Å²) in [7, 11) is 0. The van der Waals surface area contributed by atoms with E-state index in [0.29, 0.717) is 21.8 Å². The Kier molecular flexibility index (Phi) is 4.03. The maximum atomic E-state index is 13.7. The third-order valence-corrected chi connectivity index (χ3v) is 3.08. The van der Waals surface area contributed by atoms with Crippen LogP contribution in [0.15, 0.2) is 42.5 Å². The first-order chi connectivity index (χ1) is 9.11. The summed E-state index contributed by atoms with van der Waals surface area (Å²) in [5.41, 5.74) is 1.64. The minimum Gasteiger partial charge on any atom is -0.377 e. The molecule has 0 saturated carbocycles. The van der Waals surface area contributed by atoms with Crippen molar-refractivity contribution in [3.05, 3.63) is 64.4 Å². The van der Waals surface area contributed by atoms with Crippen LogP contribution in [0, 0.1) is 17.1 Å². The predicted molar refractivity (Wildman–Crippen MR) is 74.6 cm³/mol. The molecule has 2 rings (SSSR count). The van der Waals surface area contributed by atoms with E-state index in [-0.39, 0.29) is 11.9 Å². The van der Waals surface area contributed by atoms with Crippen molar-refractivity contribution in [2.75, 3.05) is 5.32 Å². The molecule has 0 amide bonds. The predicted octanol–water partition coefficient (Wildman–Crippen LogP) is 4.52. The van der Waals surface area contributed by atoms with Gasteiger partial charge in [-0.2, -0.15) is 5.26 Å². The second kappa shape index (κ2) is 5.73. The van der Waals surface area contributed by atoms with Gasteiger partial charge in [0.05, 0.1) is 17.3 Å². The molecule has 19 heavy (non-hydrogen) atoms. The number of nitriles is 1. The molecule has 0 spiro atoms. The van der Waals surface area contributed by atoms with Gasteiger partial charge >= 0.3 is 0 Å². The van der Waals surface area contributed by atoms with Crippen LogP contribution in [0.25, 0.3) is 0 Å². The molecule has 2 aromatic carbocycles. The number of anilines is 1. The van der Waals surface area contributed by atoms with Crippen LogP contribution in [-0.2, 0) is 0 Å². The lowest BCUT2D eigenvalue weighted by Crippen LogP contribution is -2.09. The Morgan fingerprint density at radius 2 is 2.00 bits per heavy atom. The third-order valence-electron chi connectivity index (χ3n) is 2.85. The fraction of sp³-hybridized carbons (Fsp3) is 0.133. The van der Waals surface area contributed by atoms with Gasteiger partial charge in [-0.15, -0.1) is 0 Å². The molecule has 0 aliphatic heterocycles. The van der Waals surface area contributed by atoms with Gasteiger partial charge in [-0.05, 0) is 31.2 Å². The molecule has 0 aromatic heterocycles. The molecule has 0 heterocycles. The van der Waals surface area contributed by atoms with Crippen molar-refractivity contribution in [3.8, 4) is 6.07 Å². The molecule has 0 bridgehead atoms. The monoisotopic (exact) mass is 274 g/mol. The molecule has 4 heteroatoms. The van der Waals surface area contributed by atoms with Gasteiger partial charge < -0.3 is 5.32 Å². The maximum absolute atomic E-state index is 13.7. The van der Waals surface area contributed by atoms with Crippen LogP contribution in [0.2, 0.25) is 5.02 Å². The summed E-state index contributed by atoms with van der Waals surface area (Å²) in [5.74, 6) is -0.269. The molecule has 1 N–H and O–H groups in total. The number of rotatable bonds is 3. The highest BCUT2D eigenvalue weighted by atomic mass is 35.5. The maximum Gasteiger partial charge on any atom is 0.128 e. The minimum atomic E-state index is -0.269. The summed E-state index contributed by atoms with van der Waals surface area (Å²) in [4.78, 5) is 0. The lowest BCUT2D eigenvalue weighted by Gasteiger charge is -2.17. The van der Waals surface area contributed by atoms with Gasteiger partial charge in [-0.25, -0.2) is 4.39 Å². The SMILES string of the molecule is CC(Nc1ccc(Cl)cc1C#N)c1ccccc1F. The van der Waals surface area contributed by atoms with Crippen LogP contribution in [0.3, 0.4) is 0 Å². The molecule has 0 radical (unpaired) electrons. The Morgan fingerprint density at radius 3 is 2.68 bits per heavy atom. The fourth-order valence-electron chi connectivity index (χ4n) is 1.87. The van der Waals surface area contributed by atoms with E-state index in [9.17, 15) is 4.39 Å². The molecule has 1 atom stereocenters. The van der Waals surface area contributed by atoms with Gasteiger partial charge in [-0.3, -0.25) is 0 Å². The Balaban J connectivity index is 2.27. The first-order valence-corrected chi connectivity index (χ1v) is 6.20. The van der Waals surface area contributed by atoms with Crippen LogP contribution >= 0.6 is 11.6 Å². The zero-order valence-electron chi connectivity index (χ0n) is 10.3. The lowest BCUT2D eigenvalue weighted by atomic mass is 10.1. The summed E-state index contributed by atoms with van der Waals surface area (Å²) in [6.07, 6.45) is 0. The van der Waals surface area contributed by atoms with Crippen LogP contribution in [0.4, 0.5) is 10.1 Å². The average molecular weight is 275 g/mol. The topological polar surface area (TPSA) is 35.8 Å². The van der Waals surface area contributed by atoms with E-state index in [2.05, 4.69) is 11.4 Å². The van der Waals surface area contributed by atoms with E-state index in [4.69, 9.17) is 16.9 Å². The molecular formula is C15H12ClFN2. The van der Waals surface area contributed by atoms with Crippen LogP contribution in [-0.4, -0.2) is 0 Å². The fourth-order valence-corrected chi connectivity index (χ4v) is 2.04. The van der Waals surface area contributed by atoms with E-state index in [1.165, 1.54) is 6.07 Å². The molecule has 96 valence electrons. The van der Waals surface area contributed by atoms with Crippen molar-refractivity contribution in [2.24, 2.45) is 0 Å². The molecule has 2 aromatic rings. The summed E-state index contributed by atoms with van der Waals surface area (Å²) in [6, 6.07) is 13.4. The van der Waals surface area contributed by atoms with Crippen LogP contribution < -0.4 is 5.32 Å². The molecular weight excluding hydrogens is 263 g/mol. The Labute approximate surface area is 116 Å². The summed E-state index contributed by atoms with van der Waals surface area (Å²) in [6.45, 7) is 1.84. The standard InChI is InChI=1S/C15H12ClFN2/c1-10(13-4-2-3-5-14(13)17)19-15-7-6-12(16)8-11(15)9-18/h2-8,10,19H,1H3. The molecule has 1 unspecified atom stereocenters. The van der Waals surface area contributed by atoms with E-state index < -0.39 is 0 Å². The number of benzene rings is 2. The molecule has 0 aliphatic carbocycles. The molecule has 0 fully saturated rings. The lowest BCUT2D eigenvalue weighted by molar-refractivity contribution is 0.600. The highest BCUT2D eigenvalue weighted by molar-refractivity contribution is 6.30. The van der Waals surface area contributed by atoms with Gasteiger partial charge in [0.1, 0.15) is 11.9 Å². The highest BCUT2D eigenvalue weighted by Gasteiger charge is 2.12. The number of nitrogens with one attached hydrogen (secondary N) is 1. The Hall–Kier alpha value is -2.05. The zero-order chi connectivity index (χ0) is 13.8. The molecule has 2 nitrogen and oxygen atoms in total. The minimum absolute atomic E-state index is 0.241. The van der Waals surface area contributed by atoms with Gasteiger partial charge in [-0.1, -0.05) is 29.8 Å². The van der Waals surface area contributed by atoms with Crippen molar-refractivity contribution in [2.45, 2.75) is 13.0 Å². The van der Waals surface area contributed by atoms with Gasteiger partial charge in [0.25, 0.3) is 0 Å². The largest absolute Gasteiger partial charge is 0.377 e. The van der Waals surface area contributed by atoms with Crippen molar-refractivity contribution in [1.29, 1.82) is 5.26 Å².